The van der Waals surface area contributed by atoms with Gasteiger partial charge in [0.05, 0.1) is 0 Å². The van der Waals surface area contributed by atoms with Crippen LogP contribution < -0.4 is 0 Å². The van der Waals surface area contributed by atoms with Crippen molar-refractivity contribution >= 4 is 0 Å². The molecule has 0 aromatic heterocycles. The van der Waals surface area contributed by atoms with Crippen LogP contribution in [0.5, 0.6) is 0 Å². The minimum atomic E-state index is -0.622. The number of hydrogen-bond acceptors (Lipinski definition) is 0. The Morgan fingerprint density at radius 3 is 1.44 bits per heavy atom. The van der Waals surface area contributed by atoms with Crippen LogP contribution in [-0.4, -0.2) is 0 Å². The van der Waals surface area contributed by atoms with E-state index in [-0.39, 0.29) is 11.4 Å². The van der Waals surface area contributed by atoms with Gasteiger partial charge in [0.2, 0.25) is 0 Å². The van der Waals surface area contributed by atoms with Crippen LogP contribution in [-0.2, 0) is 0 Å². The Morgan fingerprint density at radius 2 is 1.00 bits per heavy atom. The highest BCUT2D eigenvalue weighted by atomic mass is 19.1. The first-order chi connectivity index (χ1) is 8.40. The third-order valence-electron chi connectivity index (χ3n) is 3.22. The van der Waals surface area contributed by atoms with Crippen LogP contribution in [0.2, 0.25) is 0 Å². The normalized spacial score (nSPS) is 10.8. The highest BCUT2D eigenvalue weighted by Gasteiger charge is 2.10. The summed E-state index contributed by atoms with van der Waals surface area (Å²) < 4.78 is 40.6. The van der Waals surface area contributed by atoms with Crippen LogP contribution in [0.4, 0.5) is 13.2 Å². The zero-order valence-electron chi connectivity index (χ0n) is 10.4. The third kappa shape index (κ3) is 2.13. The smallest absolute Gasteiger partial charge is 0.129 e. The van der Waals surface area contributed by atoms with Crippen molar-refractivity contribution in [3.8, 4) is 11.1 Å². The fraction of sp³-hybridized carbons (Fsp3) is 0.200. The van der Waals surface area contributed by atoms with E-state index in [1.807, 2.05) is 0 Å². The summed E-state index contributed by atoms with van der Waals surface area (Å²) in [5.74, 6) is -1.61. The Bertz CT molecular complexity index is 514. The lowest BCUT2D eigenvalue weighted by atomic mass is 9.99. The molecule has 18 heavy (non-hydrogen) atoms. The topological polar surface area (TPSA) is 0 Å². The number of benzene rings is 2. The van der Waals surface area contributed by atoms with Crippen LogP contribution in [0, 0.1) is 38.2 Å². The van der Waals surface area contributed by atoms with Crippen molar-refractivity contribution in [3.05, 3.63) is 58.4 Å². The second-order valence-corrected chi connectivity index (χ2v) is 4.46. The largest absolute Gasteiger partial charge is 0.207 e. The van der Waals surface area contributed by atoms with Gasteiger partial charge < -0.3 is 0 Å². The molecule has 0 unspecified atom stereocenters. The van der Waals surface area contributed by atoms with Gasteiger partial charge in [-0.3, -0.25) is 0 Å². The Hall–Kier alpha value is -1.77. The van der Waals surface area contributed by atoms with Crippen LogP contribution in [0.15, 0.2) is 24.3 Å². The molecule has 0 aliphatic rings. The molecule has 0 N–H and O–H groups in total. The highest BCUT2D eigenvalue weighted by molar-refractivity contribution is 5.65. The lowest BCUT2D eigenvalue weighted by Crippen LogP contribution is -1.93. The molecule has 2 rings (SSSR count). The van der Waals surface area contributed by atoms with Gasteiger partial charge in [-0.05, 0) is 61.2 Å². The summed E-state index contributed by atoms with van der Waals surface area (Å²) in [7, 11) is 0. The Labute approximate surface area is 104 Å². The molecule has 3 heteroatoms. The minimum Gasteiger partial charge on any atom is -0.207 e. The fourth-order valence-electron chi connectivity index (χ4n) is 1.79. The molecule has 2 aromatic carbocycles. The van der Waals surface area contributed by atoms with E-state index in [4.69, 9.17) is 0 Å². The van der Waals surface area contributed by atoms with Crippen molar-refractivity contribution in [2.75, 3.05) is 0 Å². The van der Waals surface area contributed by atoms with Crippen LogP contribution in [0.25, 0.3) is 11.1 Å². The average molecular weight is 250 g/mol. The Kier molecular flexibility index (Phi) is 3.16. The van der Waals surface area contributed by atoms with Crippen LogP contribution >= 0.6 is 0 Å². The van der Waals surface area contributed by atoms with Gasteiger partial charge in [-0.1, -0.05) is 6.07 Å². The van der Waals surface area contributed by atoms with Crippen LogP contribution in [0.1, 0.15) is 16.7 Å². The minimum absolute atomic E-state index is 0.0249. The molecule has 2 aromatic rings. The summed E-state index contributed by atoms with van der Waals surface area (Å²) in [6.07, 6.45) is 0. The van der Waals surface area contributed by atoms with Gasteiger partial charge in [-0.2, -0.15) is 0 Å². The molecule has 0 saturated carbocycles. The van der Waals surface area contributed by atoms with E-state index in [0.717, 1.165) is 5.56 Å². The quantitative estimate of drug-likeness (QED) is 0.688. The van der Waals surface area contributed by atoms with Crippen molar-refractivity contribution in [2.45, 2.75) is 20.8 Å². The molecule has 0 fully saturated rings. The van der Waals surface area contributed by atoms with E-state index in [0.29, 0.717) is 16.7 Å². The summed E-state index contributed by atoms with van der Waals surface area (Å²) in [4.78, 5) is 0. The van der Waals surface area contributed by atoms with Gasteiger partial charge >= 0.3 is 0 Å². The molecule has 0 bridgehead atoms. The molecule has 0 radical (unpaired) electrons. The maximum atomic E-state index is 13.6. The summed E-state index contributed by atoms with van der Waals surface area (Å²) in [6.45, 7) is 4.81. The predicted molar refractivity (Wildman–Crippen MR) is 66.0 cm³/mol. The molecular formula is C15H13F3. The summed E-state index contributed by atoms with van der Waals surface area (Å²) in [6, 6.07) is 5.47. The molecule has 0 heterocycles. The Morgan fingerprint density at radius 1 is 0.611 bits per heavy atom. The summed E-state index contributed by atoms with van der Waals surface area (Å²) in [5.41, 5.74) is 2.10. The maximum Gasteiger partial charge on any atom is 0.129 e. The maximum absolute atomic E-state index is 13.6. The monoisotopic (exact) mass is 250 g/mol. The van der Waals surface area contributed by atoms with Crippen molar-refractivity contribution in [3.63, 3.8) is 0 Å². The fourth-order valence-corrected chi connectivity index (χ4v) is 1.79. The van der Waals surface area contributed by atoms with Crippen molar-refractivity contribution in [1.29, 1.82) is 0 Å². The van der Waals surface area contributed by atoms with Gasteiger partial charge in [-0.15, -0.1) is 0 Å². The van der Waals surface area contributed by atoms with E-state index in [1.165, 1.54) is 25.1 Å². The number of aryl methyl sites for hydroxylation is 1. The number of rotatable bonds is 1. The van der Waals surface area contributed by atoms with E-state index < -0.39 is 11.6 Å². The van der Waals surface area contributed by atoms with Gasteiger partial charge in [0.25, 0.3) is 0 Å². The molecule has 0 saturated heterocycles. The molecule has 94 valence electrons. The molecule has 0 amide bonds. The zero-order valence-corrected chi connectivity index (χ0v) is 10.4. The van der Waals surface area contributed by atoms with Gasteiger partial charge in [0.15, 0.2) is 0 Å². The van der Waals surface area contributed by atoms with Gasteiger partial charge in [0.1, 0.15) is 17.5 Å². The first-order valence-corrected chi connectivity index (χ1v) is 5.63. The zero-order chi connectivity index (χ0) is 13.4. The van der Waals surface area contributed by atoms with Crippen molar-refractivity contribution in [2.24, 2.45) is 0 Å². The Balaban J connectivity index is 2.63. The van der Waals surface area contributed by atoms with E-state index >= 15 is 0 Å². The van der Waals surface area contributed by atoms with Crippen LogP contribution in [0.3, 0.4) is 0 Å². The second-order valence-electron chi connectivity index (χ2n) is 4.46. The molecule has 0 aliphatic heterocycles. The van der Waals surface area contributed by atoms with Gasteiger partial charge in [0, 0.05) is 5.56 Å². The van der Waals surface area contributed by atoms with Gasteiger partial charge in [-0.25, -0.2) is 13.2 Å². The summed E-state index contributed by atoms with van der Waals surface area (Å²) in [5, 5.41) is 0. The third-order valence-corrected chi connectivity index (χ3v) is 3.22. The molecule has 0 spiro atoms. The molecule has 0 aliphatic carbocycles. The summed E-state index contributed by atoms with van der Waals surface area (Å²) >= 11 is 0. The first-order valence-electron chi connectivity index (χ1n) is 5.63. The predicted octanol–water partition coefficient (Wildman–Crippen LogP) is 4.70. The van der Waals surface area contributed by atoms with E-state index in [1.54, 1.807) is 19.9 Å². The number of hydrogen-bond donors (Lipinski definition) is 0. The highest BCUT2D eigenvalue weighted by Crippen LogP contribution is 2.27. The van der Waals surface area contributed by atoms with E-state index in [2.05, 4.69) is 0 Å². The average Bonchev–Trinajstić information content (AvgIpc) is 2.31. The van der Waals surface area contributed by atoms with Crippen molar-refractivity contribution < 1.29 is 13.2 Å². The molecule has 0 atom stereocenters. The molecular weight excluding hydrogens is 237 g/mol. The van der Waals surface area contributed by atoms with Crippen molar-refractivity contribution in [1.82, 2.24) is 0 Å². The standard InChI is InChI=1S/C15H13F3/c1-8-4-11(5-13(16)9(8)2)12-6-14(17)10(3)15(18)7-12/h4-7H,1-3H3. The lowest BCUT2D eigenvalue weighted by Gasteiger charge is -2.09. The molecule has 0 nitrogen and oxygen atoms in total. The second kappa shape index (κ2) is 4.48. The SMILES string of the molecule is Cc1cc(-c2cc(F)c(C)c(F)c2)cc(F)c1C. The lowest BCUT2D eigenvalue weighted by molar-refractivity contribution is 0.569. The van der Waals surface area contributed by atoms with E-state index in [9.17, 15) is 13.2 Å². The number of halogens is 3. The first kappa shape index (κ1) is 12.7.